The first-order valence-corrected chi connectivity index (χ1v) is 7.18. The highest BCUT2D eigenvalue weighted by Gasteiger charge is 2.18. The van der Waals surface area contributed by atoms with E-state index in [0.717, 1.165) is 6.42 Å². The third-order valence-electron chi connectivity index (χ3n) is 3.54. The lowest BCUT2D eigenvalue weighted by Gasteiger charge is -2.28. The number of nitrogens with one attached hydrogen (secondary N) is 1. The van der Waals surface area contributed by atoms with Gasteiger partial charge in [-0.1, -0.05) is 0 Å². The molecule has 1 aliphatic rings. The highest BCUT2D eigenvalue weighted by Crippen LogP contribution is 2.26. The van der Waals surface area contributed by atoms with E-state index < -0.39 is 0 Å². The molecule has 1 aliphatic carbocycles. The van der Waals surface area contributed by atoms with Gasteiger partial charge in [0, 0.05) is 22.5 Å². The molecule has 1 fully saturated rings. The molecule has 1 aromatic carbocycles. The van der Waals surface area contributed by atoms with Crippen LogP contribution in [0.2, 0.25) is 0 Å². The van der Waals surface area contributed by atoms with Crippen LogP contribution < -0.4 is 11.1 Å². The summed E-state index contributed by atoms with van der Waals surface area (Å²) in [5.41, 5.74) is 7.25. The number of anilines is 1. The molecule has 0 saturated heterocycles. The van der Waals surface area contributed by atoms with E-state index in [4.69, 9.17) is 5.73 Å². The van der Waals surface area contributed by atoms with Crippen molar-refractivity contribution < 1.29 is 0 Å². The summed E-state index contributed by atoms with van der Waals surface area (Å²) < 4.78 is 1.36. The van der Waals surface area contributed by atoms with E-state index in [-0.39, 0.29) is 0 Å². The van der Waals surface area contributed by atoms with Crippen LogP contribution in [-0.4, -0.2) is 12.1 Å². The van der Waals surface area contributed by atoms with Gasteiger partial charge in [-0.2, -0.15) is 0 Å². The Morgan fingerprint density at radius 3 is 3.06 bits per heavy atom. The lowest BCUT2D eigenvalue weighted by atomic mass is 9.91. The van der Waals surface area contributed by atoms with Crippen molar-refractivity contribution in [1.29, 1.82) is 0 Å². The van der Waals surface area contributed by atoms with Gasteiger partial charge in [0.25, 0.3) is 0 Å². The summed E-state index contributed by atoms with van der Waals surface area (Å²) in [4.78, 5) is 0. The van der Waals surface area contributed by atoms with E-state index in [9.17, 15) is 0 Å². The zero-order valence-corrected chi connectivity index (χ0v) is 10.7. The molecule has 1 aromatic heterocycles. The number of nitrogens with two attached hydrogens (primary N) is 1. The van der Waals surface area contributed by atoms with E-state index in [0.29, 0.717) is 12.1 Å². The molecule has 90 valence electrons. The molecule has 3 rings (SSSR count). The van der Waals surface area contributed by atoms with Gasteiger partial charge in [-0.15, -0.1) is 11.3 Å². The van der Waals surface area contributed by atoms with Crippen molar-refractivity contribution in [3.63, 3.8) is 0 Å². The summed E-state index contributed by atoms with van der Waals surface area (Å²) in [5.74, 6) is 0. The predicted molar refractivity (Wildman–Crippen MR) is 75.7 cm³/mol. The predicted octanol–water partition coefficient (Wildman–Crippen LogP) is 3.58. The summed E-state index contributed by atoms with van der Waals surface area (Å²) in [6.07, 6.45) is 4.78. The number of benzene rings is 1. The molecule has 1 saturated carbocycles. The minimum absolute atomic E-state index is 0.381. The number of fused-ring (bicyclic) bond motifs is 1. The molecule has 2 atom stereocenters. The normalized spacial score (nSPS) is 25.0. The molecule has 3 heteroatoms. The Morgan fingerprint density at radius 1 is 1.24 bits per heavy atom. The Kier molecular flexibility index (Phi) is 3.04. The number of rotatable bonds is 2. The smallest absolute Gasteiger partial charge is 0.0349 e. The molecule has 2 aromatic rings. The minimum atomic E-state index is 0.381. The van der Waals surface area contributed by atoms with E-state index in [1.54, 1.807) is 11.3 Å². The van der Waals surface area contributed by atoms with Crippen LogP contribution in [0.25, 0.3) is 10.1 Å². The minimum Gasteiger partial charge on any atom is -0.382 e. The van der Waals surface area contributed by atoms with E-state index in [2.05, 4.69) is 35.0 Å². The molecule has 0 bridgehead atoms. The van der Waals surface area contributed by atoms with Crippen LogP contribution in [-0.2, 0) is 0 Å². The summed E-state index contributed by atoms with van der Waals surface area (Å²) in [5, 5.41) is 7.10. The SMILES string of the molecule is NC1CCCC(Nc2ccc3sccc3c2)C1. The molecular formula is C14H18N2S. The first-order chi connectivity index (χ1) is 8.31. The molecule has 0 radical (unpaired) electrons. The second-order valence-corrected chi connectivity index (χ2v) is 5.89. The maximum absolute atomic E-state index is 6.01. The number of hydrogen-bond acceptors (Lipinski definition) is 3. The molecule has 0 amide bonds. The second-order valence-electron chi connectivity index (χ2n) is 4.94. The lowest BCUT2D eigenvalue weighted by Crippen LogP contribution is -2.34. The van der Waals surface area contributed by atoms with E-state index in [1.165, 1.54) is 35.0 Å². The van der Waals surface area contributed by atoms with Crippen molar-refractivity contribution in [2.24, 2.45) is 5.73 Å². The molecule has 3 N–H and O–H groups in total. The highest BCUT2D eigenvalue weighted by atomic mass is 32.1. The molecule has 17 heavy (non-hydrogen) atoms. The van der Waals surface area contributed by atoms with Crippen molar-refractivity contribution in [2.75, 3.05) is 5.32 Å². The molecule has 2 unspecified atom stereocenters. The fourth-order valence-corrected chi connectivity index (χ4v) is 3.42. The Morgan fingerprint density at radius 2 is 2.18 bits per heavy atom. The highest BCUT2D eigenvalue weighted by molar-refractivity contribution is 7.17. The lowest BCUT2D eigenvalue weighted by molar-refractivity contribution is 0.409. The van der Waals surface area contributed by atoms with Gasteiger partial charge in [-0.3, -0.25) is 0 Å². The van der Waals surface area contributed by atoms with Crippen molar-refractivity contribution >= 4 is 27.1 Å². The quantitative estimate of drug-likeness (QED) is 0.850. The van der Waals surface area contributed by atoms with E-state index in [1.807, 2.05) is 0 Å². The van der Waals surface area contributed by atoms with Crippen LogP contribution in [0.15, 0.2) is 29.6 Å². The Balaban J connectivity index is 1.75. The van der Waals surface area contributed by atoms with Gasteiger partial charge in [-0.25, -0.2) is 0 Å². The molecule has 0 spiro atoms. The van der Waals surface area contributed by atoms with Gasteiger partial charge in [-0.05, 0) is 60.7 Å². The van der Waals surface area contributed by atoms with Crippen LogP contribution in [0.4, 0.5) is 5.69 Å². The van der Waals surface area contributed by atoms with Gasteiger partial charge in [0.15, 0.2) is 0 Å². The maximum Gasteiger partial charge on any atom is 0.0349 e. The summed E-state index contributed by atoms with van der Waals surface area (Å²) in [6, 6.07) is 9.73. The van der Waals surface area contributed by atoms with Crippen LogP contribution in [0.3, 0.4) is 0 Å². The average molecular weight is 246 g/mol. The van der Waals surface area contributed by atoms with Crippen LogP contribution in [0, 0.1) is 0 Å². The van der Waals surface area contributed by atoms with E-state index >= 15 is 0 Å². The fraction of sp³-hybridized carbons (Fsp3) is 0.429. The first-order valence-electron chi connectivity index (χ1n) is 6.30. The van der Waals surface area contributed by atoms with Crippen molar-refractivity contribution in [3.05, 3.63) is 29.6 Å². The van der Waals surface area contributed by atoms with Crippen molar-refractivity contribution in [3.8, 4) is 0 Å². The van der Waals surface area contributed by atoms with Gasteiger partial charge in [0.1, 0.15) is 0 Å². The third kappa shape index (κ3) is 2.45. The summed E-state index contributed by atoms with van der Waals surface area (Å²) >= 11 is 1.79. The zero-order chi connectivity index (χ0) is 11.7. The topological polar surface area (TPSA) is 38.0 Å². The summed E-state index contributed by atoms with van der Waals surface area (Å²) in [6.45, 7) is 0. The summed E-state index contributed by atoms with van der Waals surface area (Å²) in [7, 11) is 0. The largest absolute Gasteiger partial charge is 0.382 e. The fourth-order valence-electron chi connectivity index (χ4n) is 2.65. The molecular weight excluding hydrogens is 228 g/mol. The average Bonchev–Trinajstić information content (AvgIpc) is 2.76. The van der Waals surface area contributed by atoms with Gasteiger partial charge in [0.05, 0.1) is 0 Å². The van der Waals surface area contributed by atoms with Crippen molar-refractivity contribution in [2.45, 2.75) is 37.8 Å². The van der Waals surface area contributed by atoms with Gasteiger partial charge >= 0.3 is 0 Å². The standard InChI is InChI=1S/C14H18N2S/c15-11-2-1-3-12(9-11)16-13-4-5-14-10(8-13)6-7-17-14/h4-8,11-12,16H,1-3,9,15H2. The second kappa shape index (κ2) is 4.67. The molecule has 2 nitrogen and oxygen atoms in total. The molecule has 0 aliphatic heterocycles. The van der Waals surface area contributed by atoms with Gasteiger partial charge < -0.3 is 11.1 Å². The van der Waals surface area contributed by atoms with Crippen molar-refractivity contribution in [1.82, 2.24) is 0 Å². The monoisotopic (exact) mass is 246 g/mol. The molecule has 1 heterocycles. The Hall–Kier alpha value is -1.06. The maximum atomic E-state index is 6.01. The first kappa shape index (κ1) is 11.1. The van der Waals surface area contributed by atoms with Crippen LogP contribution in [0.5, 0.6) is 0 Å². The zero-order valence-electron chi connectivity index (χ0n) is 9.86. The Labute approximate surface area is 106 Å². The van der Waals surface area contributed by atoms with Gasteiger partial charge in [0.2, 0.25) is 0 Å². The number of hydrogen-bond donors (Lipinski definition) is 2. The van der Waals surface area contributed by atoms with Crippen LogP contribution >= 0.6 is 11.3 Å². The Bertz CT molecular complexity index is 506. The van der Waals surface area contributed by atoms with Crippen LogP contribution in [0.1, 0.15) is 25.7 Å². The number of thiophene rings is 1. The third-order valence-corrected chi connectivity index (χ3v) is 4.44.